The van der Waals surface area contributed by atoms with Crippen LogP contribution in [0.25, 0.3) is 0 Å². The molecule has 1 amide bonds. The van der Waals surface area contributed by atoms with Crippen molar-refractivity contribution in [2.45, 2.75) is 46.1 Å². The summed E-state index contributed by atoms with van der Waals surface area (Å²) in [6, 6.07) is 0. The first-order valence-corrected chi connectivity index (χ1v) is 5.02. The van der Waals surface area contributed by atoms with E-state index >= 15 is 0 Å². The average molecular weight is 202 g/mol. The zero-order valence-corrected chi connectivity index (χ0v) is 9.59. The van der Waals surface area contributed by atoms with E-state index in [1.54, 1.807) is 0 Å². The third-order valence-electron chi connectivity index (χ3n) is 1.74. The van der Waals surface area contributed by atoms with E-state index in [1.807, 2.05) is 27.7 Å². The topological polar surface area (TPSA) is 64.4 Å². The smallest absolute Gasteiger partial charge is 0.243 e. The lowest BCUT2D eigenvalue weighted by Gasteiger charge is -2.19. The minimum atomic E-state index is -0.338. The fraction of sp³-hybridized carbons (Fsp3) is 0.900. The molecular weight excluding hydrogens is 180 g/mol. The van der Waals surface area contributed by atoms with Gasteiger partial charge in [0.05, 0.1) is 5.60 Å². The van der Waals surface area contributed by atoms with Crippen LogP contribution in [-0.2, 0) is 9.63 Å². The molecule has 0 saturated carbocycles. The highest BCUT2D eigenvalue weighted by atomic mass is 16.7. The molecule has 1 atom stereocenters. The molecule has 14 heavy (non-hydrogen) atoms. The molecule has 0 aromatic carbocycles. The van der Waals surface area contributed by atoms with Gasteiger partial charge in [0.25, 0.3) is 0 Å². The minimum absolute atomic E-state index is 0.0831. The summed E-state index contributed by atoms with van der Waals surface area (Å²) in [4.78, 5) is 16.4. The second-order valence-corrected chi connectivity index (χ2v) is 4.62. The van der Waals surface area contributed by atoms with Crippen molar-refractivity contribution in [3.8, 4) is 0 Å². The maximum atomic E-state index is 11.2. The molecule has 0 bridgehead atoms. The number of hydrogen-bond acceptors (Lipinski definition) is 3. The number of carbonyl (C=O) groups excluding carboxylic acids is 1. The number of nitrogens with one attached hydrogen (secondary N) is 1. The Labute approximate surface area is 86.1 Å². The molecule has 84 valence electrons. The van der Waals surface area contributed by atoms with Gasteiger partial charge in [0.2, 0.25) is 5.91 Å². The average Bonchev–Trinajstić information content (AvgIpc) is 2.09. The van der Waals surface area contributed by atoms with E-state index in [0.29, 0.717) is 18.9 Å². The van der Waals surface area contributed by atoms with Crippen LogP contribution in [0.2, 0.25) is 0 Å². The summed E-state index contributed by atoms with van der Waals surface area (Å²) in [5, 5.41) is 0. The zero-order valence-electron chi connectivity index (χ0n) is 9.59. The van der Waals surface area contributed by atoms with Crippen LogP contribution in [-0.4, -0.2) is 18.1 Å². The van der Waals surface area contributed by atoms with E-state index in [2.05, 4.69) is 5.48 Å². The highest BCUT2D eigenvalue weighted by molar-refractivity contribution is 5.74. The maximum Gasteiger partial charge on any atom is 0.243 e. The second-order valence-electron chi connectivity index (χ2n) is 4.62. The summed E-state index contributed by atoms with van der Waals surface area (Å²) in [7, 11) is 0. The van der Waals surface area contributed by atoms with Crippen molar-refractivity contribution in [3.63, 3.8) is 0 Å². The quantitative estimate of drug-likeness (QED) is 0.659. The van der Waals surface area contributed by atoms with Crippen LogP contribution in [0.5, 0.6) is 0 Å². The molecular formula is C10H22N2O2. The van der Waals surface area contributed by atoms with Gasteiger partial charge in [0.15, 0.2) is 0 Å². The van der Waals surface area contributed by atoms with Crippen molar-refractivity contribution >= 4 is 5.91 Å². The molecule has 3 N–H and O–H groups in total. The van der Waals surface area contributed by atoms with Crippen molar-refractivity contribution in [1.29, 1.82) is 0 Å². The lowest BCUT2D eigenvalue weighted by Crippen LogP contribution is -2.33. The fourth-order valence-electron chi connectivity index (χ4n) is 0.756. The molecule has 0 radical (unpaired) electrons. The van der Waals surface area contributed by atoms with Crippen LogP contribution in [0.1, 0.15) is 40.5 Å². The van der Waals surface area contributed by atoms with Gasteiger partial charge in [0, 0.05) is 6.42 Å². The Morgan fingerprint density at radius 2 is 2.07 bits per heavy atom. The SMILES string of the molecule is CC(CN)CCC(=O)NOC(C)(C)C. The molecule has 0 rings (SSSR count). The van der Waals surface area contributed by atoms with Gasteiger partial charge in [-0.3, -0.25) is 9.63 Å². The molecule has 4 nitrogen and oxygen atoms in total. The van der Waals surface area contributed by atoms with Crippen molar-refractivity contribution in [2.24, 2.45) is 11.7 Å². The Morgan fingerprint density at radius 1 is 1.50 bits per heavy atom. The minimum Gasteiger partial charge on any atom is -0.330 e. The fourth-order valence-corrected chi connectivity index (χ4v) is 0.756. The normalized spacial score (nSPS) is 13.8. The Kier molecular flexibility index (Phi) is 5.72. The van der Waals surface area contributed by atoms with Crippen molar-refractivity contribution in [1.82, 2.24) is 5.48 Å². The van der Waals surface area contributed by atoms with Gasteiger partial charge in [-0.25, -0.2) is 5.48 Å². The first kappa shape index (κ1) is 13.4. The number of rotatable bonds is 5. The van der Waals surface area contributed by atoms with Gasteiger partial charge in [-0.2, -0.15) is 0 Å². The first-order chi connectivity index (χ1) is 6.35. The van der Waals surface area contributed by atoms with Crippen LogP contribution in [0.3, 0.4) is 0 Å². The van der Waals surface area contributed by atoms with E-state index in [4.69, 9.17) is 10.6 Å². The molecule has 0 spiro atoms. The number of nitrogens with two attached hydrogens (primary N) is 1. The lowest BCUT2D eigenvalue weighted by molar-refractivity contribution is -0.145. The highest BCUT2D eigenvalue weighted by Gasteiger charge is 2.13. The van der Waals surface area contributed by atoms with E-state index < -0.39 is 0 Å². The van der Waals surface area contributed by atoms with Crippen LogP contribution < -0.4 is 11.2 Å². The Hall–Kier alpha value is -0.610. The van der Waals surface area contributed by atoms with Crippen molar-refractivity contribution in [3.05, 3.63) is 0 Å². The largest absolute Gasteiger partial charge is 0.330 e. The van der Waals surface area contributed by atoms with Crippen LogP contribution in [0.15, 0.2) is 0 Å². The van der Waals surface area contributed by atoms with Gasteiger partial charge in [-0.1, -0.05) is 6.92 Å². The van der Waals surface area contributed by atoms with Gasteiger partial charge in [-0.15, -0.1) is 0 Å². The van der Waals surface area contributed by atoms with Crippen LogP contribution in [0, 0.1) is 5.92 Å². The van der Waals surface area contributed by atoms with Gasteiger partial charge < -0.3 is 5.73 Å². The predicted molar refractivity (Wildman–Crippen MR) is 56.4 cm³/mol. The standard InChI is InChI=1S/C10H22N2O2/c1-8(7-11)5-6-9(13)12-14-10(2,3)4/h8H,5-7,11H2,1-4H3,(H,12,13). The summed E-state index contributed by atoms with van der Waals surface area (Å²) in [6.07, 6.45) is 1.27. The molecule has 0 aliphatic carbocycles. The molecule has 0 aliphatic heterocycles. The van der Waals surface area contributed by atoms with E-state index in [9.17, 15) is 4.79 Å². The molecule has 0 aromatic heterocycles. The predicted octanol–water partition coefficient (Wildman–Crippen LogP) is 1.21. The summed E-state index contributed by atoms with van der Waals surface area (Å²) in [6.45, 7) is 8.30. The lowest BCUT2D eigenvalue weighted by atomic mass is 10.1. The number of carbonyl (C=O) groups is 1. The third kappa shape index (κ3) is 8.01. The monoisotopic (exact) mass is 202 g/mol. The summed E-state index contributed by atoms with van der Waals surface area (Å²) in [5.41, 5.74) is 7.52. The van der Waals surface area contributed by atoms with Gasteiger partial charge in [-0.05, 0) is 39.7 Å². The second kappa shape index (κ2) is 5.98. The summed E-state index contributed by atoms with van der Waals surface area (Å²) >= 11 is 0. The summed E-state index contributed by atoms with van der Waals surface area (Å²) < 4.78 is 0. The molecule has 0 aliphatic rings. The van der Waals surface area contributed by atoms with Gasteiger partial charge >= 0.3 is 0 Å². The molecule has 0 aromatic rings. The molecule has 0 heterocycles. The van der Waals surface area contributed by atoms with Crippen LogP contribution in [0.4, 0.5) is 0 Å². The number of hydrogen-bond donors (Lipinski definition) is 2. The van der Waals surface area contributed by atoms with E-state index in [0.717, 1.165) is 6.42 Å². The first-order valence-electron chi connectivity index (χ1n) is 5.02. The van der Waals surface area contributed by atoms with Gasteiger partial charge in [0.1, 0.15) is 0 Å². The zero-order chi connectivity index (χ0) is 11.2. The van der Waals surface area contributed by atoms with Crippen molar-refractivity contribution in [2.75, 3.05) is 6.54 Å². The van der Waals surface area contributed by atoms with Crippen molar-refractivity contribution < 1.29 is 9.63 Å². The highest BCUT2D eigenvalue weighted by Crippen LogP contribution is 2.06. The Balaban J connectivity index is 3.57. The maximum absolute atomic E-state index is 11.2. The molecule has 0 saturated heterocycles. The Bertz CT molecular complexity index is 175. The van der Waals surface area contributed by atoms with Crippen LogP contribution >= 0.6 is 0 Å². The summed E-state index contributed by atoms with van der Waals surface area (Å²) in [5.74, 6) is 0.301. The van der Waals surface area contributed by atoms with E-state index in [1.165, 1.54) is 0 Å². The number of hydroxylamine groups is 1. The molecule has 1 unspecified atom stereocenters. The molecule has 0 fully saturated rings. The molecule has 4 heteroatoms. The van der Waals surface area contributed by atoms with E-state index in [-0.39, 0.29) is 11.5 Å². The number of amides is 1. The third-order valence-corrected chi connectivity index (χ3v) is 1.74. The Morgan fingerprint density at radius 3 is 2.50 bits per heavy atom.